The van der Waals surface area contributed by atoms with Crippen molar-refractivity contribution in [3.8, 4) is 23.0 Å². The van der Waals surface area contributed by atoms with Crippen LogP contribution in [0.4, 0.5) is 16.2 Å². The third-order valence-corrected chi connectivity index (χ3v) is 2.64. The van der Waals surface area contributed by atoms with Crippen molar-refractivity contribution in [2.45, 2.75) is 0 Å². The van der Waals surface area contributed by atoms with Gasteiger partial charge in [0, 0.05) is 12.1 Å². The third kappa shape index (κ3) is 2.37. The lowest BCUT2D eigenvalue weighted by molar-refractivity contribution is 0.256. The Labute approximate surface area is 113 Å². The van der Waals surface area contributed by atoms with Crippen molar-refractivity contribution >= 4 is 17.4 Å². The van der Waals surface area contributed by atoms with E-state index in [0.29, 0.717) is 0 Å². The summed E-state index contributed by atoms with van der Waals surface area (Å²) in [6, 6.07) is 6.24. The fourth-order valence-electron chi connectivity index (χ4n) is 1.73. The topological polar surface area (TPSA) is 127 Å². The van der Waals surface area contributed by atoms with Crippen LogP contribution in [0.3, 0.4) is 0 Å². The minimum absolute atomic E-state index is 0.0532. The van der Waals surface area contributed by atoms with E-state index in [1.165, 1.54) is 24.3 Å². The minimum atomic E-state index is -0.934. The Morgan fingerprint density at radius 3 is 2.15 bits per heavy atom. The lowest BCUT2D eigenvalue weighted by Crippen LogP contribution is -2.31. The van der Waals surface area contributed by atoms with E-state index in [1.54, 1.807) is 0 Å². The van der Waals surface area contributed by atoms with Crippen LogP contribution in [-0.4, -0.2) is 26.5 Å². The van der Waals surface area contributed by atoms with Gasteiger partial charge in [-0.2, -0.15) is 0 Å². The molecule has 0 aliphatic carbocycles. The fourth-order valence-corrected chi connectivity index (χ4v) is 1.73. The zero-order valence-electron chi connectivity index (χ0n) is 10.2. The highest BCUT2D eigenvalue weighted by atomic mass is 16.3. The Kier molecular flexibility index (Phi) is 3.26. The first-order valence-electron chi connectivity index (χ1n) is 5.53. The molecule has 7 nitrogen and oxygen atoms in total. The second-order valence-electron chi connectivity index (χ2n) is 4.02. The lowest BCUT2D eigenvalue weighted by Gasteiger charge is -2.22. The van der Waals surface area contributed by atoms with Crippen molar-refractivity contribution in [2.75, 3.05) is 4.90 Å². The highest BCUT2D eigenvalue weighted by Gasteiger charge is 2.20. The first-order valence-corrected chi connectivity index (χ1v) is 5.53. The SMILES string of the molecule is NC(=O)N(c1ccc(O)c(O)c1)c1cc(O)ccc1O. The normalized spacial score (nSPS) is 10.2. The summed E-state index contributed by atoms with van der Waals surface area (Å²) in [6.45, 7) is 0. The van der Waals surface area contributed by atoms with Crippen molar-refractivity contribution in [1.29, 1.82) is 0 Å². The quantitative estimate of drug-likeness (QED) is 0.421. The Morgan fingerprint density at radius 1 is 0.900 bits per heavy atom. The molecule has 2 aromatic rings. The fraction of sp³-hybridized carbons (Fsp3) is 0. The number of benzene rings is 2. The molecule has 0 saturated carbocycles. The van der Waals surface area contributed by atoms with Crippen molar-refractivity contribution in [2.24, 2.45) is 5.73 Å². The number of nitrogens with two attached hydrogens (primary N) is 1. The number of anilines is 2. The molecule has 6 N–H and O–H groups in total. The molecule has 0 atom stereocenters. The number of aromatic hydroxyl groups is 4. The van der Waals surface area contributed by atoms with E-state index in [2.05, 4.69) is 0 Å². The molecule has 104 valence electrons. The van der Waals surface area contributed by atoms with Crippen LogP contribution >= 0.6 is 0 Å². The maximum Gasteiger partial charge on any atom is 0.324 e. The maximum absolute atomic E-state index is 11.6. The zero-order chi connectivity index (χ0) is 14.9. The second-order valence-corrected chi connectivity index (χ2v) is 4.02. The molecule has 2 rings (SSSR count). The van der Waals surface area contributed by atoms with Gasteiger partial charge >= 0.3 is 6.03 Å². The number of nitrogens with zero attached hydrogens (tertiary/aromatic N) is 1. The molecule has 7 heteroatoms. The molecule has 2 amide bonds. The van der Waals surface area contributed by atoms with Gasteiger partial charge in [0.15, 0.2) is 11.5 Å². The third-order valence-electron chi connectivity index (χ3n) is 2.64. The van der Waals surface area contributed by atoms with Gasteiger partial charge in [0.05, 0.1) is 11.4 Å². The molecule has 2 aromatic carbocycles. The summed E-state index contributed by atoms with van der Waals surface area (Å²) < 4.78 is 0. The van der Waals surface area contributed by atoms with Crippen LogP contribution in [0, 0.1) is 0 Å². The van der Waals surface area contributed by atoms with Gasteiger partial charge < -0.3 is 26.2 Å². The van der Waals surface area contributed by atoms with Crippen molar-refractivity contribution < 1.29 is 25.2 Å². The highest BCUT2D eigenvalue weighted by Crippen LogP contribution is 2.38. The molecule has 0 radical (unpaired) electrons. The molecule has 0 fully saturated rings. The highest BCUT2D eigenvalue weighted by molar-refractivity contribution is 6.00. The van der Waals surface area contributed by atoms with Gasteiger partial charge in [-0.25, -0.2) is 4.79 Å². The summed E-state index contributed by atoms with van der Waals surface area (Å²) in [5, 5.41) is 37.9. The lowest BCUT2D eigenvalue weighted by atomic mass is 10.2. The number of amides is 2. The Hall–Kier alpha value is -3.09. The number of phenolic OH excluding ortho intramolecular Hbond substituents is 4. The van der Waals surface area contributed by atoms with Gasteiger partial charge in [-0.15, -0.1) is 0 Å². The van der Waals surface area contributed by atoms with Gasteiger partial charge in [0.2, 0.25) is 0 Å². The molecular formula is C13H12N2O5. The molecule has 0 aromatic heterocycles. The van der Waals surface area contributed by atoms with E-state index < -0.39 is 11.8 Å². The Bertz CT molecular complexity index is 672. The summed E-state index contributed by atoms with van der Waals surface area (Å²) in [5.41, 5.74) is 5.32. The number of hydrogen-bond donors (Lipinski definition) is 5. The van der Waals surface area contributed by atoms with E-state index in [-0.39, 0.29) is 28.6 Å². The van der Waals surface area contributed by atoms with Crippen LogP contribution in [0.2, 0.25) is 0 Å². The molecule has 0 unspecified atom stereocenters. The molecule has 20 heavy (non-hydrogen) atoms. The Morgan fingerprint density at radius 2 is 1.55 bits per heavy atom. The van der Waals surface area contributed by atoms with Crippen LogP contribution < -0.4 is 10.6 Å². The van der Waals surface area contributed by atoms with Crippen molar-refractivity contribution in [1.82, 2.24) is 0 Å². The number of carbonyl (C=O) groups is 1. The van der Waals surface area contributed by atoms with Crippen molar-refractivity contribution in [3.05, 3.63) is 36.4 Å². The van der Waals surface area contributed by atoms with Crippen LogP contribution in [0.1, 0.15) is 0 Å². The number of phenols is 4. The number of urea groups is 1. The average molecular weight is 276 g/mol. The summed E-state index contributed by atoms with van der Waals surface area (Å²) in [4.78, 5) is 12.5. The summed E-state index contributed by atoms with van der Waals surface area (Å²) in [6.07, 6.45) is 0. The average Bonchev–Trinajstić information content (AvgIpc) is 2.38. The first-order chi connectivity index (χ1) is 9.40. The molecule has 0 aliphatic heterocycles. The number of carbonyl (C=O) groups excluding carboxylic acids is 1. The standard InChI is InChI=1S/C13H12N2O5/c14-13(20)15(7-1-3-11(18)12(19)5-7)9-6-8(16)2-4-10(9)17/h1-6,16-19H,(H2,14,20). The molecular weight excluding hydrogens is 264 g/mol. The molecule has 0 saturated heterocycles. The first kappa shape index (κ1) is 13.3. The predicted molar refractivity (Wildman–Crippen MR) is 71.3 cm³/mol. The van der Waals surface area contributed by atoms with E-state index in [4.69, 9.17) is 5.73 Å². The van der Waals surface area contributed by atoms with Gasteiger partial charge in [0.1, 0.15) is 11.5 Å². The van der Waals surface area contributed by atoms with Gasteiger partial charge in [-0.1, -0.05) is 0 Å². The minimum Gasteiger partial charge on any atom is -0.508 e. The van der Waals surface area contributed by atoms with Crippen LogP contribution in [0.25, 0.3) is 0 Å². The summed E-state index contributed by atoms with van der Waals surface area (Å²) in [5.74, 6) is -1.27. The number of hydrogen-bond acceptors (Lipinski definition) is 5. The van der Waals surface area contributed by atoms with Gasteiger partial charge in [-0.3, -0.25) is 4.90 Å². The maximum atomic E-state index is 11.6. The van der Waals surface area contributed by atoms with E-state index in [0.717, 1.165) is 17.0 Å². The molecule has 0 aliphatic rings. The molecule has 0 heterocycles. The van der Waals surface area contributed by atoms with Crippen LogP contribution in [0.5, 0.6) is 23.0 Å². The van der Waals surface area contributed by atoms with Gasteiger partial charge in [0.25, 0.3) is 0 Å². The number of rotatable bonds is 2. The zero-order valence-corrected chi connectivity index (χ0v) is 10.2. The monoisotopic (exact) mass is 276 g/mol. The predicted octanol–water partition coefficient (Wildman–Crippen LogP) is 1.73. The van der Waals surface area contributed by atoms with E-state index in [1.807, 2.05) is 0 Å². The summed E-state index contributed by atoms with van der Waals surface area (Å²) in [7, 11) is 0. The van der Waals surface area contributed by atoms with E-state index in [9.17, 15) is 25.2 Å². The largest absolute Gasteiger partial charge is 0.508 e. The molecule has 0 spiro atoms. The number of primary amides is 1. The summed E-state index contributed by atoms with van der Waals surface area (Å²) >= 11 is 0. The van der Waals surface area contributed by atoms with Gasteiger partial charge in [-0.05, 0) is 24.3 Å². The molecule has 0 bridgehead atoms. The van der Waals surface area contributed by atoms with Crippen LogP contribution in [0.15, 0.2) is 36.4 Å². The van der Waals surface area contributed by atoms with Crippen molar-refractivity contribution in [3.63, 3.8) is 0 Å². The van der Waals surface area contributed by atoms with Crippen LogP contribution in [-0.2, 0) is 0 Å². The Balaban J connectivity index is 2.59. The van der Waals surface area contributed by atoms with E-state index >= 15 is 0 Å². The second kappa shape index (κ2) is 4.88. The smallest absolute Gasteiger partial charge is 0.324 e.